The Kier molecular flexibility index (Phi) is 6.44. The lowest BCUT2D eigenvalue weighted by molar-refractivity contribution is 0.0894. The number of nitrogens with one attached hydrogen (secondary N) is 1. The number of nitrogens with zero attached hydrogens (tertiary/aromatic N) is 4. The van der Waals surface area contributed by atoms with E-state index in [-0.39, 0.29) is 17.9 Å². The second kappa shape index (κ2) is 9.41. The van der Waals surface area contributed by atoms with Gasteiger partial charge in [-0.2, -0.15) is 9.78 Å². The van der Waals surface area contributed by atoms with Crippen LogP contribution in [0.2, 0.25) is 0 Å². The van der Waals surface area contributed by atoms with Crippen LogP contribution in [-0.4, -0.2) is 70.7 Å². The molecule has 0 aliphatic carbocycles. The molecule has 0 saturated carbocycles. The lowest BCUT2D eigenvalue weighted by Crippen LogP contribution is -2.46. The van der Waals surface area contributed by atoms with Gasteiger partial charge in [-0.1, -0.05) is 55.5 Å². The summed E-state index contributed by atoms with van der Waals surface area (Å²) in [7, 11) is 2.08. The number of carbonyl (C=O) groups is 2. The zero-order valence-electron chi connectivity index (χ0n) is 18.1. The van der Waals surface area contributed by atoms with Gasteiger partial charge in [-0.25, -0.2) is 0 Å². The molecule has 1 atom stereocenters. The van der Waals surface area contributed by atoms with Gasteiger partial charge >= 0.3 is 0 Å². The maximum absolute atomic E-state index is 13.2. The van der Waals surface area contributed by atoms with Crippen LogP contribution in [0.4, 0.5) is 0 Å². The van der Waals surface area contributed by atoms with Crippen LogP contribution in [0.1, 0.15) is 34.2 Å². The molecule has 0 radical (unpaired) electrons. The zero-order chi connectivity index (χ0) is 21.8. The molecule has 3 aromatic rings. The van der Waals surface area contributed by atoms with Crippen LogP contribution < -0.4 is 5.32 Å². The third-order valence-electron chi connectivity index (χ3n) is 5.73. The molecule has 0 spiro atoms. The Balaban J connectivity index is 1.53. The second-order valence-electron chi connectivity index (χ2n) is 8.18. The van der Waals surface area contributed by atoms with Gasteiger partial charge in [0.05, 0.1) is 11.6 Å². The first-order valence-corrected chi connectivity index (χ1v) is 10.8. The lowest BCUT2D eigenvalue weighted by atomic mass is 10.1. The monoisotopic (exact) mass is 419 g/mol. The van der Waals surface area contributed by atoms with E-state index in [0.717, 1.165) is 32.7 Å². The van der Waals surface area contributed by atoms with E-state index < -0.39 is 0 Å². The molecule has 1 unspecified atom stereocenters. The molecule has 7 heteroatoms. The number of carbonyl (C=O) groups excluding carboxylic acids is 2. The summed E-state index contributed by atoms with van der Waals surface area (Å²) in [6.07, 6.45) is 0.328. The highest BCUT2D eigenvalue weighted by Crippen LogP contribution is 2.19. The van der Waals surface area contributed by atoms with Crippen LogP contribution in [0.5, 0.6) is 0 Å². The van der Waals surface area contributed by atoms with Gasteiger partial charge in [0.1, 0.15) is 0 Å². The van der Waals surface area contributed by atoms with E-state index >= 15 is 0 Å². The number of fused-ring (bicyclic) bond motifs is 1. The van der Waals surface area contributed by atoms with Gasteiger partial charge in [-0.05, 0) is 18.7 Å². The molecule has 2 heterocycles. The van der Waals surface area contributed by atoms with Crippen molar-refractivity contribution in [3.8, 4) is 0 Å². The summed E-state index contributed by atoms with van der Waals surface area (Å²) in [6, 6.07) is 17.7. The van der Waals surface area contributed by atoms with E-state index in [4.69, 9.17) is 0 Å². The maximum Gasteiger partial charge on any atom is 0.272 e. The SMILES string of the molecule is CCC(=O)n1nc(C(=O)NC2CN(C)CCN(Cc3ccccc3)C2)c2ccccc21. The molecule has 0 bridgehead atoms. The molecule has 1 N–H and O–H groups in total. The molecule has 2 aromatic carbocycles. The van der Waals surface area contributed by atoms with Crippen LogP contribution in [-0.2, 0) is 6.54 Å². The highest BCUT2D eigenvalue weighted by Gasteiger charge is 2.26. The third-order valence-corrected chi connectivity index (χ3v) is 5.73. The standard InChI is InChI=1S/C24H29N5O2/c1-3-22(30)29-21-12-8-7-11-20(21)23(26-29)24(31)25-19-16-27(2)13-14-28(17-19)15-18-9-5-4-6-10-18/h4-12,19H,3,13-17H2,1-2H3,(H,25,31). The van der Waals surface area contributed by atoms with Crippen molar-refractivity contribution >= 4 is 22.7 Å². The number of likely N-dealkylation sites (N-methyl/N-ethyl adjacent to an activating group) is 1. The smallest absolute Gasteiger partial charge is 0.272 e. The van der Waals surface area contributed by atoms with E-state index in [0.29, 0.717) is 23.0 Å². The average molecular weight is 420 g/mol. The van der Waals surface area contributed by atoms with Crippen LogP contribution in [0, 0.1) is 0 Å². The molecule has 1 saturated heterocycles. The van der Waals surface area contributed by atoms with Gasteiger partial charge in [0.25, 0.3) is 5.91 Å². The van der Waals surface area contributed by atoms with Gasteiger partial charge < -0.3 is 10.2 Å². The number of amides is 1. The maximum atomic E-state index is 13.2. The molecule has 1 aliphatic rings. The summed E-state index contributed by atoms with van der Waals surface area (Å²) >= 11 is 0. The molecule has 1 aromatic heterocycles. The van der Waals surface area contributed by atoms with Crippen molar-refractivity contribution in [2.45, 2.75) is 25.9 Å². The van der Waals surface area contributed by atoms with E-state index in [1.807, 2.05) is 30.3 Å². The fourth-order valence-electron chi connectivity index (χ4n) is 4.14. The van der Waals surface area contributed by atoms with Gasteiger partial charge in [0.15, 0.2) is 5.69 Å². The zero-order valence-corrected chi connectivity index (χ0v) is 18.1. The lowest BCUT2D eigenvalue weighted by Gasteiger charge is -2.24. The topological polar surface area (TPSA) is 70.5 Å². The Bertz CT molecular complexity index is 1060. The van der Waals surface area contributed by atoms with Crippen molar-refractivity contribution < 1.29 is 9.59 Å². The van der Waals surface area contributed by atoms with Crippen LogP contribution >= 0.6 is 0 Å². The fourth-order valence-corrected chi connectivity index (χ4v) is 4.14. The Labute approximate surface area is 182 Å². The van der Waals surface area contributed by atoms with Crippen molar-refractivity contribution in [1.29, 1.82) is 0 Å². The first-order valence-electron chi connectivity index (χ1n) is 10.8. The largest absolute Gasteiger partial charge is 0.345 e. The van der Waals surface area contributed by atoms with Crippen molar-refractivity contribution in [3.05, 3.63) is 65.9 Å². The van der Waals surface area contributed by atoms with Gasteiger partial charge in [0, 0.05) is 44.5 Å². The van der Waals surface area contributed by atoms with E-state index in [2.05, 4.69) is 51.5 Å². The number of hydrogen-bond donors (Lipinski definition) is 1. The van der Waals surface area contributed by atoms with Gasteiger partial charge in [-0.3, -0.25) is 14.5 Å². The highest BCUT2D eigenvalue weighted by molar-refractivity contribution is 6.07. The Morgan fingerprint density at radius 1 is 1.03 bits per heavy atom. The summed E-state index contributed by atoms with van der Waals surface area (Å²) in [5.74, 6) is -0.364. The number of hydrogen-bond acceptors (Lipinski definition) is 5. The predicted octanol–water partition coefficient (Wildman–Crippen LogP) is 2.63. The highest BCUT2D eigenvalue weighted by atomic mass is 16.2. The quantitative estimate of drug-likeness (QED) is 0.689. The fraction of sp³-hybridized carbons (Fsp3) is 0.375. The average Bonchev–Trinajstić information content (AvgIpc) is 3.08. The molecule has 1 amide bonds. The summed E-state index contributed by atoms with van der Waals surface area (Å²) < 4.78 is 1.35. The van der Waals surface area contributed by atoms with Gasteiger partial charge in [0.2, 0.25) is 5.91 Å². The predicted molar refractivity (Wildman–Crippen MR) is 121 cm³/mol. The van der Waals surface area contributed by atoms with E-state index in [1.165, 1.54) is 10.2 Å². The summed E-state index contributed by atoms with van der Waals surface area (Å²) in [4.78, 5) is 30.1. The van der Waals surface area contributed by atoms with Crippen molar-refractivity contribution in [1.82, 2.24) is 24.9 Å². The molecule has 7 nitrogen and oxygen atoms in total. The van der Waals surface area contributed by atoms with E-state index in [9.17, 15) is 9.59 Å². The summed E-state index contributed by atoms with van der Waals surface area (Å²) in [6.45, 7) is 6.06. The first-order chi connectivity index (χ1) is 15.0. The van der Waals surface area contributed by atoms with Crippen LogP contribution in [0.15, 0.2) is 54.6 Å². The summed E-state index contributed by atoms with van der Waals surface area (Å²) in [5.41, 5.74) is 2.24. The minimum atomic E-state index is -0.237. The van der Waals surface area contributed by atoms with Gasteiger partial charge in [-0.15, -0.1) is 0 Å². The van der Waals surface area contributed by atoms with Crippen LogP contribution in [0.3, 0.4) is 0 Å². The van der Waals surface area contributed by atoms with E-state index in [1.54, 1.807) is 6.92 Å². The molecule has 1 fully saturated rings. The molecular formula is C24H29N5O2. The third kappa shape index (κ3) is 4.84. The van der Waals surface area contributed by atoms with Crippen molar-refractivity contribution in [2.75, 3.05) is 33.2 Å². The molecule has 162 valence electrons. The number of rotatable bonds is 5. The van der Waals surface area contributed by atoms with Crippen LogP contribution in [0.25, 0.3) is 10.9 Å². The molecular weight excluding hydrogens is 390 g/mol. The van der Waals surface area contributed by atoms with Crippen molar-refractivity contribution in [2.24, 2.45) is 0 Å². The number of benzene rings is 2. The normalized spacial score (nSPS) is 18.1. The number of para-hydroxylation sites is 1. The Morgan fingerprint density at radius 2 is 1.77 bits per heavy atom. The minimum Gasteiger partial charge on any atom is -0.345 e. The molecule has 1 aliphatic heterocycles. The number of aromatic nitrogens is 2. The first kappa shape index (κ1) is 21.2. The summed E-state index contributed by atoms with van der Waals surface area (Å²) in [5, 5.41) is 8.26. The van der Waals surface area contributed by atoms with Crippen molar-refractivity contribution in [3.63, 3.8) is 0 Å². The second-order valence-corrected chi connectivity index (χ2v) is 8.18. The molecule has 4 rings (SSSR count). The Hall–Kier alpha value is -3.03. The Morgan fingerprint density at radius 3 is 2.55 bits per heavy atom. The minimum absolute atomic E-state index is 0.0329. The molecule has 31 heavy (non-hydrogen) atoms.